The lowest BCUT2D eigenvalue weighted by atomic mass is 10.3. The third-order valence-electron chi connectivity index (χ3n) is 2.73. The Bertz CT molecular complexity index is 556. The lowest BCUT2D eigenvalue weighted by Crippen LogP contribution is -2.34. The van der Waals surface area contributed by atoms with Gasteiger partial charge in [0.2, 0.25) is 10.0 Å². The molecular formula is C13H20N2O5S. The van der Waals surface area contributed by atoms with Crippen molar-refractivity contribution < 1.29 is 23.1 Å². The highest BCUT2D eigenvalue weighted by Gasteiger charge is 2.09. The summed E-state index contributed by atoms with van der Waals surface area (Å²) in [6.07, 6.45) is 0.857. The zero-order valence-electron chi connectivity index (χ0n) is 11.9. The number of nitrogens with zero attached hydrogens (tertiary/aromatic N) is 1. The summed E-state index contributed by atoms with van der Waals surface area (Å²) in [7, 11) is -3.70. The molecule has 0 radical (unpaired) electrons. The normalized spacial score (nSPS) is 11.6. The maximum Gasteiger partial charge on any atom is 0.317 e. The van der Waals surface area contributed by atoms with Crippen LogP contribution in [0.2, 0.25) is 0 Å². The van der Waals surface area contributed by atoms with E-state index in [9.17, 15) is 13.2 Å². The molecule has 0 fully saturated rings. The number of carbonyl (C=O) groups is 1. The summed E-state index contributed by atoms with van der Waals surface area (Å²) in [6.45, 7) is 3.43. The summed E-state index contributed by atoms with van der Waals surface area (Å²) in [5.74, 6) is -0.366. The molecule has 1 rings (SSSR count). The number of hydrogen-bond donors (Lipinski definition) is 2. The van der Waals surface area contributed by atoms with Crippen molar-refractivity contribution in [2.75, 3.05) is 26.2 Å². The molecule has 0 heterocycles. The Morgan fingerprint density at radius 3 is 2.38 bits per heavy atom. The van der Waals surface area contributed by atoms with Gasteiger partial charge in [-0.1, -0.05) is 6.92 Å². The lowest BCUT2D eigenvalue weighted by Gasteiger charge is -2.19. The minimum Gasteiger partial charge on any atom is -0.492 e. The highest BCUT2D eigenvalue weighted by molar-refractivity contribution is 7.89. The standard InChI is InChI=1S/C13H20N2O5S/c1-2-7-15(10-13(16)17)8-9-20-11-3-5-12(6-4-11)21(14,18)19/h3-6H,2,7-10H2,1H3,(H,16,17)(H2,14,18,19). The van der Waals surface area contributed by atoms with Crippen molar-refractivity contribution in [1.29, 1.82) is 0 Å². The number of benzene rings is 1. The van der Waals surface area contributed by atoms with Crippen molar-refractivity contribution in [2.45, 2.75) is 18.2 Å². The second-order valence-corrected chi connectivity index (χ2v) is 6.10. The molecule has 8 heteroatoms. The first-order valence-corrected chi connectivity index (χ1v) is 8.07. The molecule has 1 aromatic rings. The van der Waals surface area contributed by atoms with Crippen molar-refractivity contribution in [3.8, 4) is 5.75 Å². The molecule has 0 spiro atoms. The fraction of sp³-hybridized carbons (Fsp3) is 0.462. The van der Waals surface area contributed by atoms with E-state index >= 15 is 0 Å². The van der Waals surface area contributed by atoms with Gasteiger partial charge in [-0.05, 0) is 37.2 Å². The summed E-state index contributed by atoms with van der Waals surface area (Å²) in [5, 5.41) is 13.8. The van der Waals surface area contributed by atoms with Gasteiger partial charge in [0.05, 0.1) is 11.4 Å². The lowest BCUT2D eigenvalue weighted by molar-refractivity contribution is -0.138. The third-order valence-corrected chi connectivity index (χ3v) is 3.66. The second kappa shape index (κ2) is 7.96. The molecule has 0 aliphatic carbocycles. The first kappa shape index (κ1) is 17.4. The molecule has 1 aromatic carbocycles. The molecule has 7 nitrogen and oxygen atoms in total. The number of aliphatic carboxylic acids is 1. The van der Waals surface area contributed by atoms with Crippen LogP contribution in [-0.4, -0.2) is 50.6 Å². The van der Waals surface area contributed by atoms with Gasteiger partial charge in [-0.15, -0.1) is 0 Å². The van der Waals surface area contributed by atoms with E-state index in [1.807, 2.05) is 6.92 Å². The first-order chi connectivity index (χ1) is 9.82. The van der Waals surface area contributed by atoms with Crippen LogP contribution in [0.4, 0.5) is 0 Å². The molecule has 0 unspecified atom stereocenters. The molecule has 0 bridgehead atoms. The van der Waals surface area contributed by atoms with E-state index in [1.54, 1.807) is 4.90 Å². The highest BCUT2D eigenvalue weighted by Crippen LogP contribution is 2.14. The zero-order valence-corrected chi connectivity index (χ0v) is 12.7. The number of hydrogen-bond acceptors (Lipinski definition) is 5. The number of nitrogens with two attached hydrogens (primary N) is 1. The number of carboxylic acid groups (broad SMARTS) is 1. The van der Waals surface area contributed by atoms with Crippen LogP contribution in [0, 0.1) is 0 Å². The van der Waals surface area contributed by atoms with Gasteiger partial charge in [-0.25, -0.2) is 13.6 Å². The average molecular weight is 316 g/mol. The van der Waals surface area contributed by atoms with E-state index in [4.69, 9.17) is 15.0 Å². The summed E-state index contributed by atoms with van der Waals surface area (Å²) in [5.41, 5.74) is 0. The number of primary sulfonamides is 1. The number of sulfonamides is 1. The maximum absolute atomic E-state index is 11.1. The molecule has 0 saturated carbocycles. The van der Waals surface area contributed by atoms with Crippen LogP contribution in [0.3, 0.4) is 0 Å². The number of carboxylic acids is 1. The summed E-state index contributed by atoms with van der Waals surface area (Å²) in [6, 6.07) is 5.76. The monoisotopic (exact) mass is 316 g/mol. The summed E-state index contributed by atoms with van der Waals surface area (Å²) < 4.78 is 27.7. The Morgan fingerprint density at radius 2 is 1.90 bits per heavy atom. The van der Waals surface area contributed by atoms with Gasteiger partial charge in [-0.2, -0.15) is 0 Å². The Kier molecular flexibility index (Phi) is 6.60. The van der Waals surface area contributed by atoms with Crippen LogP contribution in [0.15, 0.2) is 29.2 Å². The molecule has 0 amide bonds. The molecule has 0 aliphatic rings. The Balaban J connectivity index is 2.49. The van der Waals surface area contributed by atoms with Crippen LogP contribution in [-0.2, 0) is 14.8 Å². The van der Waals surface area contributed by atoms with Crippen molar-refractivity contribution in [3.05, 3.63) is 24.3 Å². The Morgan fingerprint density at radius 1 is 1.29 bits per heavy atom. The van der Waals surface area contributed by atoms with Crippen molar-refractivity contribution >= 4 is 16.0 Å². The van der Waals surface area contributed by atoms with Crippen LogP contribution in [0.1, 0.15) is 13.3 Å². The summed E-state index contributed by atoms with van der Waals surface area (Å²) in [4.78, 5) is 12.5. The molecule has 0 saturated heterocycles. The van der Waals surface area contributed by atoms with Gasteiger partial charge in [-0.3, -0.25) is 9.69 Å². The van der Waals surface area contributed by atoms with Gasteiger partial charge in [0.25, 0.3) is 0 Å². The van der Waals surface area contributed by atoms with Gasteiger partial charge in [0.1, 0.15) is 12.4 Å². The fourth-order valence-electron chi connectivity index (χ4n) is 1.80. The van der Waals surface area contributed by atoms with Crippen molar-refractivity contribution in [1.82, 2.24) is 4.90 Å². The van der Waals surface area contributed by atoms with Crippen molar-refractivity contribution in [3.63, 3.8) is 0 Å². The van der Waals surface area contributed by atoms with E-state index < -0.39 is 16.0 Å². The maximum atomic E-state index is 11.1. The van der Waals surface area contributed by atoms with Crippen LogP contribution >= 0.6 is 0 Å². The second-order valence-electron chi connectivity index (χ2n) is 4.53. The Hall–Kier alpha value is -1.64. The minimum atomic E-state index is -3.70. The molecular weight excluding hydrogens is 296 g/mol. The van der Waals surface area contributed by atoms with Gasteiger partial charge in [0, 0.05) is 6.54 Å². The van der Waals surface area contributed by atoms with Gasteiger partial charge < -0.3 is 9.84 Å². The van der Waals surface area contributed by atoms with E-state index in [1.165, 1.54) is 24.3 Å². The smallest absolute Gasteiger partial charge is 0.317 e. The molecule has 21 heavy (non-hydrogen) atoms. The van der Waals surface area contributed by atoms with Crippen LogP contribution in [0.5, 0.6) is 5.75 Å². The topological polar surface area (TPSA) is 110 Å². The third kappa shape index (κ3) is 6.56. The van der Waals surface area contributed by atoms with Crippen LogP contribution < -0.4 is 9.88 Å². The SMILES string of the molecule is CCCN(CCOc1ccc(S(N)(=O)=O)cc1)CC(=O)O. The van der Waals surface area contributed by atoms with Crippen LogP contribution in [0.25, 0.3) is 0 Å². The molecule has 0 aromatic heterocycles. The number of ether oxygens (including phenoxy) is 1. The molecule has 118 valence electrons. The van der Waals surface area contributed by atoms with Gasteiger partial charge >= 0.3 is 5.97 Å². The predicted octanol–water partition coefficient (Wildman–Crippen LogP) is 0.509. The van der Waals surface area contributed by atoms with E-state index in [-0.39, 0.29) is 11.4 Å². The van der Waals surface area contributed by atoms with E-state index in [0.717, 1.165) is 6.42 Å². The molecule has 3 N–H and O–H groups in total. The van der Waals surface area contributed by atoms with E-state index in [2.05, 4.69) is 0 Å². The molecule has 0 atom stereocenters. The quantitative estimate of drug-likeness (QED) is 0.687. The van der Waals surface area contributed by atoms with Gasteiger partial charge in [0.15, 0.2) is 0 Å². The predicted molar refractivity (Wildman–Crippen MR) is 77.7 cm³/mol. The Labute approximate surface area is 124 Å². The average Bonchev–Trinajstić information content (AvgIpc) is 2.38. The van der Waals surface area contributed by atoms with Crippen molar-refractivity contribution in [2.24, 2.45) is 5.14 Å². The molecule has 0 aliphatic heterocycles. The first-order valence-electron chi connectivity index (χ1n) is 6.52. The summed E-state index contributed by atoms with van der Waals surface area (Å²) >= 11 is 0. The van der Waals surface area contributed by atoms with E-state index in [0.29, 0.717) is 25.4 Å². The largest absolute Gasteiger partial charge is 0.492 e. The fourth-order valence-corrected chi connectivity index (χ4v) is 2.31. The zero-order chi connectivity index (χ0) is 15.9. The number of rotatable bonds is 9. The highest BCUT2D eigenvalue weighted by atomic mass is 32.2. The minimum absolute atomic E-state index is 0.0216.